The zero-order valence-electron chi connectivity index (χ0n) is 14.5. The van der Waals surface area contributed by atoms with Crippen LogP contribution in [-0.4, -0.2) is 23.5 Å². The molecule has 0 aliphatic rings. The number of rotatable bonds is 4. The van der Waals surface area contributed by atoms with Gasteiger partial charge in [-0.05, 0) is 48.9 Å². The summed E-state index contributed by atoms with van der Waals surface area (Å²) >= 11 is 0. The smallest absolute Gasteiger partial charge is 0.271 e. The minimum atomic E-state index is -0.421. The van der Waals surface area contributed by atoms with Gasteiger partial charge >= 0.3 is 0 Å². The maximum absolute atomic E-state index is 12.5. The second-order valence-corrected chi connectivity index (χ2v) is 5.70. The van der Waals surface area contributed by atoms with Crippen molar-refractivity contribution in [3.63, 3.8) is 0 Å². The zero-order chi connectivity index (χ0) is 18.5. The number of ether oxygens (including phenoxy) is 1. The van der Waals surface area contributed by atoms with Crippen molar-refractivity contribution in [3.8, 4) is 11.4 Å². The third-order valence-electron chi connectivity index (χ3n) is 3.99. The lowest BCUT2D eigenvalue weighted by atomic mass is 10.1. The van der Waals surface area contributed by atoms with Gasteiger partial charge in [0.1, 0.15) is 5.75 Å². The van der Waals surface area contributed by atoms with Gasteiger partial charge in [-0.1, -0.05) is 18.2 Å². The number of aromatic nitrogens is 1. The molecule has 0 atom stereocenters. The number of nitrogens with one attached hydrogen (secondary N) is 2. The van der Waals surface area contributed by atoms with E-state index in [4.69, 9.17) is 4.74 Å². The van der Waals surface area contributed by atoms with Gasteiger partial charge in [-0.25, -0.2) is 0 Å². The van der Waals surface area contributed by atoms with Gasteiger partial charge in [-0.15, -0.1) is 0 Å². The van der Waals surface area contributed by atoms with Gasteiger partial charge in [0.25, 0.3) is 11.8 Å². The van der Waals surface area contributed by atoms with Gasteiger partial charge in [-0.2, -0.15) is 0 Å². The molecule has 0 saturated carbocycles. The number of methoxy groups -OCH3 is 1. The molecule has 0 fully saturated rings. The molecule has 26 heavy (non-hydrogen) atoms. The Bertz CT molecular complexity index is 933. The van der Waals surface area contributed by atoms with Crippen LogP contribution in [0.25, 0.3) is 5.69 Å². The SMILES string of the molecule is COc1cc(C(=O)NNC(=O)c2ccccc2-n2cccc2)ccc1C. The van der Waals surface area contributed by atoms with Crippen molar-refractivity contribution in [2.45, 2.75) is 6.92 Å². The van der Waals surface area contributed by atoms with Crippen molar-refractivity contribution in [2.75, 3.05) is 7.11 Å². The van der Waals surface area contributed by atoms with Crippen LogP contribution in [0.4, 0.5) is 0 Å². The summed E-state index contributed by atoms with van der Waals surface area (Å²) in [4.78, 5) is 24.8. The minimum absolute atomic E-state index is 0.395. The van der Waals surface area contributed by atoms with E-state index < -0.39 is 11.8 Å². The maximum Gasteiger partial charge on any atom is 0.271 e. The molecule has 0 bridgehead atoms. The first-order valence-corrected chi connectivity index (χ1v) is 8.08. The van der Waals surface area contributed by atoms with Gasteiger partial charge in [0.15, 0.2) is 0 Å². The molecule has 132 valence electrons. The van der Waals surface area contributed by atoms with Gasteiger partial charge in [0.05, 0.1) is 18.4 Å². The number of carbonyl (C=O) groups excluding carboxylic acids is 2. The minimum Gasteiger partial charge on any atom is -0.496 e. The number of hydrazine groups is 1. The molecule has 0 spiro atoms. The summed E-state index contributed by atoms with van der Waals surface area (Å²) in [6.07, 6.45) is 3.70. The molecule has 6 nitrogen and oxygen atoms in total. The van der Waals surface area contributed by atoms with Crippen LogP contribution >= 0.6 is 0 Å². The van der Waals surface area contributed by atoms with E-state index in [1.807, 2.05) is 48.1 Å². The first-order chi connectivity index (χ1) is 12.6. The summed E-state index contributed by atoms with van der Waals surface area (Å²) in [6.45, 7) is 1.89. The van der Waals surface area contributed by atoms with E-state index in [2.05, 4.69) is 10.9 Å². The van der Waals surface area contributed by atoms with Crippen molar-refractivity contribution in [1.82, 2.24) is 15.4 Å². The summed E-state index contributed by atoms with van der Waals surface area (Å²) in [5, 5.41) is 0. The van der Waals surface area contributed by atoms with Crippen LogP contribution in [0.5, 0.6) is 5.75 Å². The molecule has 2 aromatic carbocycles. The van der Waals surface area contributed by atoms with E-state index in [0.29, 0.717) is 16.9 Å². The average molecular weight is 349 g/mol. The number of hydrogen-bond acceptors (Lipinski definition) is 3. The normalized spacial score (nSPS) is 10.2. The first kappa shape index (κ1) is 17.3. The van der Waals surface area contributed by atoms with Crippen LogP contribution in [0.15, 0.2) is 67.0 Å². The Balaban J connectivity index is 1.73. The molecule has 3 aromatic rings. The highest BCUT2D eigenvalue weighted by molar-refractivity contribution is 6.01. The highest BCUT2D eigenvalue weighted by atomic mass is 16.5. The molecule has 0 aliphatic carbocycles. The van der Waals surface area contributed by atoms with Crippen LogP contribution in [0.2, 0.25) is 0 Å². The van der Waals surface area contributed by atoms with Crippen LogP contribution < -0.4 is 15.6 Å². The number of amides is 2. The molecule has 2 N–H and O–H groups in total. The molecule has 6 heteroatoms. The summed E-state index contributed by atoms with van der Waals surface area (Å²) in [7, 11) is 1.55. The predicted molar refractivity (Wildman–Crippen MR) is 98.4 cm³/mol. The maximum atomic E-state index is 12.5. The fraction of sp³-hybridized carbons (Fsp3) is 0.100. The zero-order valence-corrected chi connectivity index (χ0v) is 14.5. The molecule has 0 aliphatic heterocycles. The summed E-state index contributed by atoms with van der Waals surface area (Å²) in [6, 6.07) is 16.0. The van der Waals surface area contributed by atoms with Crippen molar-refractivity contribution < 1.29 is 14.3 Å². The van der Waals surface area contributed by atoms with Gasteiger partial charge in [0.2, 0.25) is 0 Å². The first-order valence-electron chi connectivity index (χ1n) is 8.08. The summed E-state index contributed by atoms with van der Waals surface area (Å²) in [5.74, 6) is -0.209. The summed E-state index contributed by atoms with van der Waals surface area (Å²) in [5.41, 5.74) is 7.39. The molecule has 0 unspecified atom stereocenters. The number of aryl methyl sites for hydroxylation is 1. The predicted octanol–water partition coefficient (Wildman–Crippen LogP) is 2.87. The van der Waals surface area contributed by atoms with Crippen LogP contribution in [-0.2, 0) is 0 Å². The van der Waals surface area contributed by atoms with E-state index >= 15 is 0 Å². The van der Waals surface area contributed by atoms with E-state index in [1.165, 1.54) is 0 Å². The third kappa shape index (κ3) is 3.59. The molecule has 2 amide bonds. The molecule has 0 saturated heterocycles. The van der Waals surface area contributed by atoms with Crippen LogP contribution in [0.3, 0.4) is 0 Å². The lowest BCUT2D eigenvalue weighted by molar-refractivity contribution is 0.0846. The van der Waals surface area contributed by atoms with Crippen LogP contribution in [0.1, 0.15) is 26.3 Å². The second-order valence-electron chi connectivity index (χ2n) is 5.70. The van der Waals surface area contributed by atoms with Crippen molar-refractivity contribution in [3.05, 3.63) is 83.7 Å². The average Bonchev–Trinajstić information content (AvgIpc) is 3.21. The number of nitrogens with zero attached hydrogens (tertiary/aromatic N) is 1. The second kappa shape index (κ2) is 7.57. The van der Waals surface area contributed by atoms with Gasteiger partial charge < -0.3 is 9.30 Å². The van der Waals surface area contributed by atoms with Gasteiger partial charge in [0, 0.05) is 18.0 Å². The molecule has 1 heterocycles. The largest absolute Gasteiger partial charge is 0.496 e. The Morgan fingerprint density at radius 3 is 2.35 bits per heavy atom. The lowest BCUT2D eigenvalue weighted by Gasteiger charge is -2.12. The monoisotopic (exact) mass is 349 g/mol. The highest BCUT2D eigenvalue weighted by Gasteiger charge is 2.14. The number of para-hydroxylation sites is 1. The Kier molecular flexibility index (Phi) is 5.03. The van der Waals surface area contributed by atoms with Crippen molar-refractivity contribution >= 4 is 11.8 Å². The molecule has 0 radical (unpaired) electrons. The third-order valence-corrected chi connectivity index (χ3v) is 3.99. The quantitative estimate of drug-likeness (QED) is 0.712. The standard InChI is InChI=1S/C20H19N3O3/c1-14-9-10-15(13-18(14)26-2)19(24)21-22-20(25)16-7-3-4-8-17(16)23-11-5-6-12-23/h3-13H,1-2H3,(H,21,24)(H,22,25). The molecular formula is C20H19N3O3. The summed E-state index contributed by atoms with van der Waals surface area (Å²) < 4.78 is 7.05. The van der Waals surface area contributed by atoms with Crippen LogP contribution in [0, 0.1) is 6.92 Å². The van der Waals surface area contributed by atoms with E-state index in [1.54, 1.807) is 37.4 Å². The van der Waals surface area contributed by atoms with E-state index in [0.717, 1.165) is 11.3 Å². The fourth-order valence-electron chi connectivity index (χ4n) is 2.60. The Morgan fingerprint density at radius 2 is 1.62 bits per heavy atom. The topological polar surface area (TPSA) is 72.4 Å². The molecule has 1 aromatic heterocycles. The number of carbonyl (C=O) groups is 2. The van der Waals surface area contributed by atoms with E-state index in [-0.39, 0.29) is 0 Å². The molecule has 3 rings (SSSR count). The Labute approximate surface area is 151 Å². The number of hydrogen-bond donors (Lipinski definition) is 2. The lowest BCUT2D eigenvalue weighted by Crippen LogP contribution is -2.42. The van der Waals surface area contributed by atoms with E-state index in [9.17, 15) is 9.59 Å². The van der Waals surface area contributed by atoms with Gasteiger partial charge in [-0.3, -0.25) is 20.4 Å². The fourth-order valence-corrected chi connectivity index (χ4v) is 2.60. The Hall–Kier alpha value is -3.54. The Morgan fingerprint density at radius 1 is 0.923 bits per heavy atom. The highest BCUT2D eigenvalue weighted by Crippen LogP contribution is 2.19. The van der Waals surface area contributed by atoms with Crippen molar-refractivity contribution in [2.24, 2.45) is 0 Å². The molecular weight excluding hydrogens is 330 g/mol. The number of benzene rings is 2. The van der Waals surface area contributed by atoms with Crippen molar-refractivity contribution in [1.29, 1.82) is 0 Å².